The Morgan fingerprint density at radius 3 is 2.33 bits per heavy atom. The van der Waals surface area contributed by atoms with Crippen molar-refractivity contribution < 1.29 is 9.90 Å². The highest BCUT2D eigenvalue weighted by Gasteiger charge is 2.22. The van der Waals surface area contributed by atoms with Gasteiger partial charge in [0.25, 0.3) is 0 Å². The zero-order valence-corrected chi connectivity index (χ0v) is 14.2. The number of unbranched alkanes of at least 4 members (excludes halogenated alkanes) is 2. The Labute approximate surface area is 143 Å². The second kappa shape index (κ2) is 11.3. The number of allylic oxidation sites excluding steroid dienone is 1. The van der Waals surface area contributed by atoms with Crippen LogP contribution >= 0.6 is 0 Å². The quantitative estimate of drug-likeness (QED) is 0.202. The van der Waals surface area contributed by atoms with Crippen molar-refractivity contribution in [2.75, 3.05) is 0 Å². The summed E-state index contributed by atoms with van der Waals surface area (Å²) in [5, 5.41) is 8.94. The Balaban J connectivity index is 0.000000891. The van der Waals surface area contributed by atoms with Gasteiger partial charge in [0.15, 0.2) is 0 Å². The van der Waals surface area contributed by atoms with Crippen molar-refractivity contribution >= 4 is 5.97 Å². The molecule has 0 aromatic heterocycles. The van der Waals surface area contributed by atoms with Gasteiger partial charge in [-0.2, -0.15) is 0 Å². The molecule has 1 saturated carbocycles. The first-order chi connectivity index (χ1) is 11.6. The number of carboxylic acids is 1. The van der Waals surface area contributed by atoms with Gasteiger partial charge in [0.1, 0.15) is 0 Å². The molecular formula is C19H27N3O2. The molecule has 0 unspecified atom stereocenters. The smallest absolute Gasteiger partial charge is 0.335 e. The fourth-order valence-electron chi connectivity index (χ4n) is 3.40. The highest BCUT2D eigenvalue weighted by molar-refractivity contribution is 5.87. The number of aromatic carboxylic acids is 1. The van der Waals surface area contributed by atoms with E-state index < -0.39 is 5.97 Å². The van der Waals surface area contributed by atoms with Crippen LogP contribution in [0, 0.1) is 11.4 Å². The lowest BCUT2D eigenvalue weighted by molar-refractivity contribution is 0.0697. The Hall–Kier alpha value is -2.26. The second-order valence-electron chi connectivity index (χ2n) is 6.32. The van der Waals surface area contributed by atoms with E-state index in [1.807, 2.05) is 18.2 Å². The number of carbonyl (C=O) groups is 1. The monoisotopic (exact) mass is 329 g/mol. The van der Waals surface area contributed by atoms with Gasteiger partial charge in [-0.3, -0.25) is 0 Å². The molecule has 2 rings (SSSR count). The minimum atomic E-state index is -0.843. The molecule has 0 amide bonds. The van der Waals surface area contributed by atoms with E-state index in [9.17, 15) is 4.79 Å². The molecule has 1 aromatic carbocycles. The molecule has 0 aliphatic heterocycles. The summed E-state index contributed by atoms with van der Waals surface area (Å²) in [4.78, 5) is 12.6. The molecule has 0 radical (unpaired) electrons. The standard InChI is InChI=1S/C19H26O2.HN3/c1-2-3-4-5-6-15-7-9-16(10-8-15)17-11-13-18(14-12-17)19(20)21;1-3-2/h2,11-16H,1,3-10H2,(H,20,21);1H. The Morgan fingerprint density at radius 2 is 1.83 bits per heavy atom. The number of hydrogen-bond donors (Lipinski definition) is 2. The molecule has 0 bridgehead atoms. The van der Waals surface area contributed by atoms with E-state index >= 15 is 0 Å². The minimum Gasteiger partial charge on any atom is -0.478 e. The first kappa shape index (κ1) is 19.8. The number of nitrogens with zero attached hydrogens (tertiary/aromatic N) is 2. The van der Waals surface area contributed by atoms with Crippen LogP contribution in [0.25, 0.3) is 10.4 Å². The molecule has 1 aromatic rings. The summed E-state index contributed by atoms with van der Waals surface area (Å²) in [5.41, 5.74) is 13.9. The van der Waals surface area contributed by atoms with E-state index in [0.717, 1.165) is 12.3 Å². The lowest BCUT2D eigenvalue weighted by Gasteiger charge is -2.29. The summed E-state index contributed by atoms with van der Waals surface area (Å²) in [6.07, 6.45) is 12.3. The van der Waals surface area contributed by atoms with Crippen molar-refractivity contribution in [1.82, 2.24) is 0 Å². The van der Waals surface area contributed by atoms with Crippen LogP contribution in [0.5, 0.6) is 0 Å². The van der Waals surface area contributed by atoms with Gasteiger partial charge in [-0.15, -0.1) is 12.1 Å². The molecule has 0 saturated heterocycles. The van der Waals surface area contributed by atoms with Gasteiger partial charge >= 0.3 is 5.97 Å². The van der Waals surface area contributed by atoms with Crippen LogP contribution in [0.2, 0.25) is 0 Å². The number of carboxylic acid groups (broad SMARTS) is 1. The fourth-order valence-corrected chi connectivity index (χ4v) is 3.40. The van der Waals surface area contributed by atoms with Crippen molar-refractivity contribution in [2.24, 2.45) is 5.92 Å². The first-order valence-electron chi connectivity index (χ1n) is 8.57. The predicted octanol–water partition coefficient (Wildman–Crippen LogP) is 6.28. The maximum absolute atomic E-state index is 10.9. The molecule has 1 fully saturated rings. The zero-order valence-electron chi connectivity index (χ0n) is 14.2. The molecule has 0 heterocycles. The highest BCUT2D eigenvalue weighted by Crippen LogP contribution is 2.37. The SMILES string of the molecule is C=CCCCCC1CCC(c2ccc(C(=O)O)cc2)CC1.[N-]=[N+]=N. The Bertz CT molecular complexity index is 540. The molecule has 0 spiro atoms. The van der Waals surface area contributed by atoms with Crippen LogP contribution in [-0.4, -0.2) is 11.1 Å². The van der Waals surface area contributed by atoms with Gasteiger partial charge < -0.3 is 5.11 Å². The fraction of sp³-hybridized carbons (Fsp3) is 0.526. The summed E-state index contributed by atoms with van der Waals surface area (Å²) in [6.45, 7) is 3.77. The summed E-state index contributed by atoms with van der Waals surface area (Å²) in [5.74, 6) is 0.673. The van der Waals surface area contributed by atoms with Crippen LogP contribution in [0.15, 0.2) is 36.9 Å². The van der Waals surface area contributed by atoms with Gasteiger partial charge in [0, 0.05) is 0 Å². The van der Waals surface area contributed by atoms with Crippen molar-refractivity contribution in [3.05, 3.63) is 58.5 Å². The average molecular weight is 329 g/mol. The molecule has 1 aliphatic carbocycles. The third-order valence-corrected chi connectivity index (χ3v) is 4.75. The van der Waals surface area contributed by atoms with Crippen LogP contribution in [0.3, 0.4) is 0 Å². The largest absolute Gasteiger partial charge is 0.478 e. The summed E-state index contributed by atoms with van der Waals surface area (Å²) in [6, 6.07) is 7.47. The molecule has 5 heteroatoms. The Morgan fingerprint density at radius 1 is 1.25 bits per heavy atom. The lowest BCUT2D eigenvalue weighted by Crippen LogP contribution is -2.13. The lowest BCUT2D eigenvalue weighted by atomic mass is 9.77. The van der Waals surface area contributed by atoms with Gasteiger partial charge in [-0.25, -0.2) is 4.79 Å². The molecule has 24 heavy (non-hydrogen) atoms. The maximum atomic E-state index is 10.9. The average Bonchev–Trinajstić information content (AvgIpc) is 2.60. The van der Waals surface area contributed by atoms with E-state index in [0.29, 0.717) is 11.5 Å². The normalized spacial score (nSPS) is 19.5. The molecular weight excluding hydrogens is 302 g/mol. The third-order valence-electron chi connectivity index (χ3n) is 4.75. The van der Waals surface area contributed by atoms with E-state index in [2.05, 4.69) is 6.58 Å². The molecule has 1 aliphatic rings. The second-order valence-corrected chi connectivity index (χ2v) is 6.32. The molecule has 2 N–H and O–H groups in total. The maximum Gasteiger partial charge on any atom is 0.335 e. The minimum absolute atomic E-state index is 0.384. The van der Waals surface area contributed by atoms with E-state index in [1.165, 1.54) is 50.5 Å². The van der Waals surface area contributed by atoms with Crippen LogP contribution in [0.4, 0.5) is 0 Å². The predicted molar refractivity (Wildman–Crippen MR) is 96.2 cm³/mol. The van der Waals surface area contributed by atoms with E-state index in [1.54, 1.807) is 17.0 Å². The summed E-state index contributed by atoms with van der Waals surface area (Å²) < 4.78 is 0. The summed E-state index contributed by atoms with van der Waals surface area (Å²) >= 11 is 0. The Kier molecular flexibility index (Phi) is 9.32. The zero-order chi connectivity index (χ0) is 17.8. The van der Waals surface area contributed by atoms with Crippen LogP contribution in [-0.2, 0) is 0 Å². The first-order valence-corrected chi connectivity index (χ1v) is 8.57. The number of benzene rings is 1. The molecule has 130 valence electrons. The van der Waals surface area contributed by atoms with Gasteiger partial charge in [0.05, 0.1) is 5.56 Å². The third kappa shape index (κ3) is 6.88. The number of hydrogen-bond acceptors (Lipinski definition) is 2. The van der Waals surface area contributed by atoms with Crippen molar-refractivity contribution in [3.8, 4) is 0 Å². The van der Waals surface area contributed by atoms with Gasteiger partial charge in [0.2, 0.25) is 0 Å². The molecule has 0 atom stereocenters. The topological polar surface area (TPSA) is 97.5 Å². The number of nitrogens with one attached hydrogen (secondary N) is 1. The van der Waals surface area contributed by atoms with Crippen molar-refractivity contribution in [2.45, 2.75) is 57.3 Å². The number of rotatable bonds is 7. The van der Waals surface area contributed by atoms with Crippen molar-refractivity contribution in [1.29, 1.82) is 5.53 Å². The van der Waals surface area contributed by atoms with E-state index in [-0.39, 0.29) is 0 Å². The van der Waals surface area contributed by atoms with Crippen LogP contribution in [0.1, 0.15) is 73.2 Å². The summed E-state index contributed by atoms with van der Waals surface area (Å²) in [7, 11) is 0. The van der Waals surface area contributed by atoms with Crippen molar-refractivity contribution in [3.63, 3.8) is 0 Å². The highest BCUT2D eigenvalue weighted by atomic mass is 16.4. The van der Waals surface area contributed by atoms with Gasteiger partial charge in [-0.1, -0.05) is 31.1 Å². The van der Waals surface area contributed by atoms with Crippen LogP contribution < -0.4 is 0 Å². The molecule has 5 nitrogen and oxygen atoms in total. The van der Waals surface area contributed by atoms with Gasteiger partial charge in [-0.05, 0) is 78.5 Å². The van der Waals surface area contributed by atoms with E-state index in [4.69, 9.17) is 16.2 Å².